The van der Waals surface area contributed by atoms with Crippen molar-refractivity contribution in [2.75, 3.05) is 12.4 Å². The minimum Gasteiger partial charge on any atom is -0.497 e. The van der Waals surface area contributed by atoms with Crippen molar-refractivity contribution in [2.45, 2.75) is 4.90 Å². The van der Waals surface area contributed by atoms with Crippen LogP contribution in [0.3, 0.4) is 0 Å². The summed E-state index contributed by atoms with van der Waals surface area (Å²) in [5.41, 5.74) is 1.70. The number of aromatic nitrogens is 1. The number of sulfonamides is 1. The number of rotatable bonds is 7. The lowest BCUT2D eigenvalue weighted by molar-refractivity contribution is 0.0977. The van der Waals surface area contributed by atoms with Crippen LogP contribution in [0.1, 0.15) is 10.5 Å². The molecule has 1 amide bonds. The maximum Gasteiger partial charge on any atom is 0.281 e. The SMILES string of the molecule is COc1ccc(Nc2ccc(N=O)c3[nH]c(C(=O)NS(=O)(=O)c4ccccc4)cc23)cc1. The Bertz CT molecular complexity index is 1400. The van der Waals surface area contributed by atoms with Crippen molar-refractivity contribution in [2.24, 2.45) is 5.18 Å². The summed E-state index contributed by atoms with van der Waals surface area (Å²) < 4.78 is 32.1. The van der Waals surface area contributed by atoms with Gasteiger partial charge < -0.3 is 15.0 Å². The van der Waals surface area contributed by atoms with Gasteiger partial charge in [-0.2, -0.15) is 0 Å². The first-order valence-electron chi connectivity index (χ1n) is 9.43. The number of nitrogens with zero attached hydrogens (tertiary/aromatic N) is 1. The number of anilines is 2. The number of hydrogen-bond donors (Lipinski definition) is 3. The van der Waals surface area contributed by atoms with Crippen LogP contribution in [0.15, 0.2) is 82.9 Å². The molecule has 3 aromatic carbocycles. The molecule has 0 aliphatic heterocycles. The molecular formula is C22H18N4O5S. The Morgan fingerprint density at radius 3 is 2.38 bits per heavy atom. The summed E-state index contributed by atoms with van der Waals surface area (Å²) in [6, 6.07) is 19.3. The summed E-state index contributed by atoms with van der Waals surface area (Å²) in [4.78, 5) is 26.7. The van der Waals surface area contributed by atoms with Crippen molar-refractivity contribution in [3.8, 4) is 5.75 Å². The van der Waals surface area contributed by atoms with Crippen LogP contribution < -0.4 is 14.8 Å². The largest absolute Gasteiger partial charge is 0.497 e. The van der Waals surface area contributed by atoms with Gasteiger partial charge in [0.1, 0.15) is 17.1 Å². The second-order valence-corrected chi connectivity index (χ2v) is 8.48. The van der Waals surface area contributed by atoms with E-state index in [0.717, 1.165) is 5.69 Å². The summed E-state index contributed by atoms with van der Waals surface area (Å²) in [6.07, 6.45) is 0. The Balaban J connectivity index is 1.68. The van der Waals surface area contributed by atoms with Gasteiger partial charge in [-0.25, -0.2) is 13.1 Å². The third-order valence-electron chi connectivity index (χ3n) is 4.76. The lowest BCUT2D eigenvalue weighted by atomic mass is 10.1. The molecule has 10 heteroatoms. The first-order chi connectivity index (χ1) is 15.4. The minimum absolute atomic E-state index is 0.0339. The molecule has 0 bridgehead atoms. The van der Waals surface area contributed by atoms with Crippen LogP contribution in [0.2, 0.25) is 0 Å². The molecule has 0 unspecified atom stereocenters. The van der Waals surface area contributed by atoms with E-state index in [9.17, 15) is 18.1 Å². The quantitative estimate of drug-likeness (QED) is 0.357. The maximum atomic E-state index is 12.7. The van der Waals surface area contributed by atoms with Gasteiger partial charge in [0, 0.05) is 16.8 Å². The zero-order chi connectivity index (χ0) is 22.7. The van der Waals surface area contributed by atoms with Crippen LogP contribution in [-0.2, 0) is 10.0 Å². The van der Waals surface area contributed by atoms with Gasteiger partial charge in [-0.05, 0) is 59.8 Å². The predicted octanol–water partition coefficient (Wildman–Crippen LogP) is 4.44. The van der Waals surface area contributed by atoms with Crippen LogP contribution in [0, 0.1) is 4.91 Å². The topological polar surface area (TPSA) is 130 Å². The number of hydrogen-bond acceptors (Lipinski definition) is 7. The number of benzene rings is 3. The molecule has 3 N–H and O–H groups in total. The number of methoxy groups -OCH3 is 1. The van der Waals surface area contributed by atoms with E-state index in [-0.39, 0.29) is 16.3 Å². The van der Waals surface area contributed by atoms with E-state index in [1.54, 1.807) is 43.5 Å². The van der Waals surface area contributed by atoms with Crippen LogP contribution in [0.4, 0.5) is 17.1 Å². The number of nitroso groups, excluding NO2 is 1. The van der Waals surface area contributed by atoms with Gasteiger partial charge in [0.15, 0.2) is 0 Å². The van der Waals surface area contributed by atoms with Crippen molar-refractivity contribution in [1.29, 1.82) is 0 Å². The molecule has 0 saturated carbocycles. The highest BCUT2D eigenvalue weighted by Gasteiger charge is 2.21. The number of ether oxygens (including phenoxy) is 1. The molecule has 0 radical (unpaired) electrons. The second kappa shape index (κ2) is 8.52. The highest BCUT2D eigenvalue weighted by atomic mass is 32.2. The van der Waals surface area contributed by atoms with Gasteiger partial charge in [-0.3, -0.25) is 4.79 Å². The number of fused-ring (bicyclic) bond motifs is 1. The zero-order valence-electron chi connectivity index (χ0n) is 16.8. The molecule has 0 aliphatic carbocycles. The maximum absolute atomic E-state index is 12.7. The summed E-state index contributed by atoms with van der Waals surface area (Å²) in [5.74, 6) is -0.168. The second-order valence-electron chi connectivity index (χ2n) is 6.80. The molecule has 0 atom stereocenters. The number of carbonyl (C=O) groups excluding carboxylic acids is 1. The van der Waals surface area contributed by atoms with E-state index in [2.05, 4.69) is 15.5 Å². The molecule has 0 aliphatic rings. The standard InChI is InChI=1S/C22H18N4O5S/c1-31-15-9-7-14(8-10-15)23-18-11-12-19(25-28)21-17(18)13-20(24-21)22(27)26-32(29,30)16-5-3-2-4-6-16/h2-13,23-24H,1H3,(H,26,27). The summed E-state index contributed by atoms with van der Waals surface area (Å²) in [7, 11) is -2.49. The molecule has 32 heavy (non-hydrogen) atoms. The van der Waals surface area contributed by atoms with Crippen LogP contribution in [0.25, 0.3) is 10.9 Å². The summed E-state index contributed by atoms with van der Waals surface area (Å²) >= 11 is 0. The molecule has 0 spiro atoms. The van der Waals surface area contributed by atoms with Gasteiger partial charge in [0.2, 0.25) is 0 Å². The number of nitrogens with one attached hydrogen (secondary N) is 3. The molecule has 1 aromatic heterocycles. The van der Waals surface area contributed by atoms with Crippen LogP contribution >= 0.6 is 0 Å². The van der Waals surface area contributed by atoms with Crippen molar-refractivity contribution < 1.29 is 17.9 Å². The fourth-order valence-corrected chi connectivity index (χ4v) is 4.16. The van der Waals surface area contributed by atoms with Crippen molar-refractivity contribution in [3.05, 3.63) is 83.4 Å². The van der Waals surface area contributed by atoms with Crippen LogP contribution in [0.5, 0.6) is 5.75 Å². The van der Waals surface area contributed by atoms with Gasteiger partial charge >= 0.3 is 0 Å². The summed E-state index contributed by atoms with van der Waals surface area (Å²) in [5, 5.41) is 6.70. The molecular weight excluding hydrogens is 432 g/mol. The normalized spacial score (nSPS) is 11.2. The average Bonchev–Trinajstić information content (AvgIpc) is 3.26. The first-order valence-corrected chi connectivity index (χ1v) is 10.9. The third-order valence-corrected chi connectivity index (χ3v) is 6.11. The highest BCUT2D eigenvalue weighted by Crippen LogP contribution is 2.34. The van der Waals surface area contributed by atoms with E-state index < -0.39 is 15.9 Å². The van der Waals surface area contributed by atoms with Gasteiger partial charge in [-0.1, -0.05) is 18.2 Å². The Morgan fingerprint density at radius 2 is 1.72 bits per heavy atom. The molecule has 0 fully saturated rings. The first kappa shape index (κ1) is 21.1. The fraction of sp³-hybridized carbons (Fsp3) is 0.0455. The Morgan fingerprint density at radius 1 is 1.00 bits per heavy atom. The number of H-pyrrole nitrogens is 1. The van der Waals surface area contributed by atoms with E-state index in [1.807, 2.05) is 16.9 Å². The summed E-state index contributed by atoms with van der Waals surface area (Å²) in [6.45, 7) is 0. The zero-order valence-corrected chi connectivity index (χ0v) is 17.6. The van der Waals surface area contributed by atoms with Crippen molar-refractivity contribution in [3.63, 3.8) is 0 Å². The van der Waals surface area contributed by atoms with Crippen molar-refractivity contribution >= 4 is 43.9 Å². The fourth-order valence-electron chi connectivity index (χ4n) is 3.18. The third kappa shape index (κ3) is 4.16. The molecule has 0 saturated heterocycles. The molecule has 9 nitrogen and oxygen atoms in total. The Labute approximate surface area is 183 Å². The predicted molar refractivity (Wildman–Crippen MR) is 121 cm³/mol. The average molecular weight is 450 g/mol. The van der Waals surface area contributed by atoms with E-state index in [0.29, 0.717) is 22.3 Å². The molecule has 162 valence electrons. The van der Waals surface area contributed by atoms with Crippen LogP contribution in [-0.4, -0.2) is 26.4 Å². The van der Waals surface area contributed by atoms with E-state index >= 15 is 0 Å². The molecule has 4 rings (SSSR count). The van der Waals surface area contributed by atoms with Gasteiger partial charge in [-0.15, -0.1) is 4.91 Å². The van der Waals surface area contributed by atoms with E-state index in [4.69, 9.17) is 4.74 Å². The highest BCUT2D eigenvalue weighted by molar-refractivity contribution is 7.90. The number of carbonyl (C=O) groups is 1. The number of amides is 1. The van der Waals surface area contributed by atoms with E-state index in [1.165, 1.54) is 24.3 Å². The minimum atomic E-state index is -4.06. The molecule has 1 heterocycles. The van der Waals surface area contributed by atoms with Gasteiger partial charge in [0.05, 0.1) is 17.5 Å². The molecule has 4 aromatic rings. The monoisotopic (exact) mass is 450 g/mol. The van der Waals surface area contributed by atoms with Crippen molar-refractivity contribution in [1.82, 2.24) is 9.71 Å². The number of aromatic amines is 1. The van der Waals surface area contributed by atoms with Gasteiger partial charge in [0.25, 0.3) is 15.9 Å². The lowest BCUT2D eigenvalue weighted by Gasteiger charge is -2.09. The Kier molecular flexibility index (Phi) is 5.61. The smallest absolute Gasteiger partial charge is 0.281 e. The lowest BCUT2D eigenvalue weighted by Crippen LogP contribution is -2.30. The Hall–Kier alpha value is -4.18.